The molecule has 46 heavy (non-hydrogen) atoms. The van der Waals surface area contributed by atoms with E-state index in [2.05, 4.69) is 32.5 Å². The van der Waals surface area contributed by atoms with Gasteiger partial charge in [-0.15, -0.1) is 0 Å². The number of fused-ring (bicyclic) bond motifs is 1. The van der Waals surface area contributed by atoms with Crippen molar-refractivity contribution >= 4 is 47.2 Å². The Morgan fingerprint density at radius 2 is 2.00 bits per heavy atom. The summed E-state index contributed by atoms with van der Waals surface area (Å²) in [6, 6.07) is 9.11. The monoisotopic (exact) mass is 653 g/mol. The predicted molar refractivity (Wildman–Crippen MR) is 181 cm³/mol. The summed E-state index contributed by atoms with van der Waals surface area (Å²) in [5.41, 5.74) is 9.71. The van der Waals surface area contributed by atoms with Gasteiger partial charge in [-0.2, -0.15) is 0 Å². The molecule has 0 radical (unpaired) electrons. The lowest BCUT2D eigenvalue weighted by atomic mass is 10.1. The zero-order chi connectivity index (χ0) is 33.6. The third-order valence-corrected chi connectivity index (χ3v) is 8.07. The smallest absolute Gasteiger partial charge is 0.209 e. The minimum atomic E-state index is -0.887. The second-order valence-electron chi connectivity index (χ2n) is 11.1. The first-order chi connectivity index (χ1) is 22.1. The van der Waals surface area contributed by atoms with E-state index in [0.29, 0.717) is 57.8 Å². The minimum Gasteiger partial charge on any atom is -0.491 e. The van der Waals surface area contributed by atoms with Gasteiger partial charge in [0.15, 0.2) is 6.29 Å². The van der Waals surface area contributed by atoms with Crippen molar-refractivity contribution in [2.75, 3.05) is 47.4 Å². The van der Waals surface area contributed by atoms with E-state index < -0.39 is 6.10 Å². The van der Waals surface area contributed by atoms with Crippen LogP contribution in [0.1, 0.15) is 40.2 Å². The maximum atomic E-state index is 12.0. The van der Waals surface area contributed by atoms with Crippen molar-refractivity contribution in [3.8, 4) is 5.75 Å². The Kier molecular flexibility index (Phi) is 14.2. The van der Waals surface area contributed by atoms with E-state index in [-0.39, 0.29) is 18.7 Å². The van der Waals surface area contributed by atoms with E-state index in [1.807, 2.05) is 20.0 Å². The van der Waals surface area contributed by atoms with E-state index in [1.165, 1.54) is 0 Å². The number of carbonyl (C=O) groups is 3. The number of H-pyrrole nitrogens is 1. The average molecular weight is 654 g/mol. The van der Waals surface area contributed by atoms with E-state index in [1.54, 1.807) is 48.5 Å². The molecular weight excluding hydrogens is 610 g/mol. The topological polar surface area (TPSA) is 166 Å². The van der Waals surface area contributed by atoms with Crippen LogP contribution in [0.2, 0.25) is 5.02 Å². The molecule has 1 saturated heterocycles. The lowest BCUT2D eigenvalue weighted by molar-refractivity contribution is -0.119. The molecule has 1 aliphatic rings. The van der Waals surface area contributed by atoms with Crippen LogP contribution in [0, 0.1) is 6.92 Å². The van der Waals surface area contributed by atoms with Crippen LogP contribution in [-0.2, 0) is 16.1 Å². The third-order valence-electron chi connectivity index (χ3n) is 7.72. The van der Waals surface area contributed by atoms with Crippen LogP contribution < -0.4 is 21.1 Å². The van der Waals surface area contributed by atoms with Crippen molar-refractivity contribution in [3.63, 3.8) is 0 Å². The number of amides is 1. The van der Waals surface area contributed by atoms with Crippen molar-refractivity contribution < 1.29 is 24.2 Å². The van der Waals surface area contributed by atoms with E-state index >= 15 is 0 Å². The van der Waals surface area contributed by atoms with Gasteiger partial charge >= 0.3 is 0 Å². The summed E-state index contributed by atoms with van der Waals surface area (Å²) in [7, 11) is 5.71. The van der Waals surface area contributed by atoms with Crippen molar-refractivity contribution in [2.45, 2.75) is 38.5 Å². The van der Waals surface area contributed by atoms with Crippen molar-refractivity contribution in [2.24, 2.45) is 5.73 Å². The summed E-state index contributed by atoms with van der Waals surface area (Å²) >= 11 is 6.15. The highest BCUT2D eigenvalue weighted by Crippen LogP contribution is 2.23. The maximum absolute atomic E-state index is 12.0. The summed E-state index contributed by atoms with van der Waals surface area (Å²) in [4.78, 5) is 45.4. The number of carbonyl (C=O) groups excluding carboxylic acids is 3. The van der Waals surface area contributed by atoms with Crippen molar-refractivity contribution in [3.05, 3.63) is 75.8 Å². The molecule has 0 saturated carbocycles. The number of hydrogen-bond acceptors (Lipinski definition) is 10. The van der Waals surface area contributed by atoms with Gasteiger partial charge in [0.2, 0.25) is 6.41 Å². The van der Waals surface area contributed by atoms with Gasteiger partial charge < -0.3 is 41.0 Å². The lowest BCUT2D eigenvalue weighted by Crippen LogP contribution is -2.41. The molecule has 6 N–H and O–H groups in total. The fraction of sp³-hybridized carbons (Fsp3) is 0.394. The summed E-state index contributed by atoms with van der Waals surface area (Å²) in [6.07, 6.45) is 7.03. The fourth-order valence-electron chi connectivity index (χ4n) is 4.84. The zero-order valence-corrected chi connectivity index (χ0v) is 27.5. The molecule has 1 amide bonds. The molecule has 2 heterocycles. The SMILES string of the molecule is CN/C=C\C(NCC(O)COc1ccc(CN)c(Cl)c1)=C(/C=O)c1nc2cc(C=O)c(C)cc2[nH]1.CN1CCC(N(C)C=O)CC1. The number of aromatic nitrogens is 2. The quantitative estimate of drug-likeness (QED) is 0.0992. The number of halogens is 1. The van der Waals surface area contributed by atoms with Gasteiger partial charge in [0.1, 0.15) is 30.6 Å². The molecule has 1 unspecified atom stereocenters. The number of benzene rings is 2. The van der Waals surface area contributed by atoms with E-state index in [4.69, 9.17) is 22.1 Å². The molecular formula is C33H44ClN7O5. The Labute approximate surface area is 274 Å². The number of nitrogens with one attached hydrogen (secondary N) is 3. The molecule has 0 spiro atoms. The number of imidazole rings is 1. The van der Waals surface area contributed by atoms with Gasteiger partial charge in [0.05, 0.1) is 16.6 Å². The van der Waals surface area contributed by atoms with Crippen LogP contribution in [0.4, 0.5) is 0 Å². The molecule has 248 valence electrons. The maximum Gasteiger partial charge on any atom is 0.209 e. The molecule has 1 aliphatic heterocycles. The van der Waals surface area contributed by atoms with Crippen LogP contribution in [0.25, 0.3) is 16.6 Å². The first-order valence-electron chi connectivity index (χ1n) is 15.0. The fourth-order valence-corrected chi connectivity index (χ4v) is 5.09. The molecule has 0 aliphatic carbocycles. The first kappa shape index (κ1) is 36.2. The number of ether oxygens (including phenoxy) is 1. The van der Waals surface area contributed by atoms with Crippen LogP contribution >= 0.6 is 11.6 Å². The highest BCUT2D eigenvalue weighted by atomic mass is 35.5. The summed E-state index contributed by atoms with van der Waals surface area (Å²) in [6.45, 7) is 4.48. The van der Waals surface area contributed by atoms with Gasteiger partial charge in [-0.1, -0.05) is 17.7 Å². The van der Waals surface area contributed by atoms with Gasteiger partial charge in [-0.05, 0) is 87.6 Å². The number of hydrogen-bond donors (Lipinski definition) is 5. The normalized spacial score (nSPS) is 15.0. The molecule has 0 bridgehead atoms. The van der Waals surface area contributed by atoms with Crippen LogP contribution in [0.5, 0.6) is 5.75 Å². The average Bonchev–Trinajstić information content (AvgIpc) is 3.47. The lowest BCUT2D eigenvalue weighted by Gasteiger charge is -2.32. The van der Waals surface area contributed by atoms with Gasteiger partial charge in [-0.25, -0.2) is 4.98 Å². The Balaban J connectivity index is 0.000000441. The molecule has 1 aromatic heterocycles. The van der Waals surface area contributed by atoms with E-state index in [0.717, 1.165) is 49.8 Å². The number of likely N-dealkylation sites (tertiary alicyclic amines) is 1. The number of nitrogens with two attached hydrogens (primary N) is 1. The summed E-state index contributed by atoms with van der Waals surface area (Å²) in [5.74, 6) is 0.846. The number of aliphatic hydroxyl groups is 1. The Bertz CT molecular complexity index is 1530. The molecule has 1 atom stereocenters. The highest BCUT2D eigenvalue weighted by Gasteiger charge is 2.19. The molecule has 4 rings (SSSR count). The Morgan fingerprint density at radius 3 is 2.61 bits per heavy atom. The third kappa shape index (κ3) is 10.1. The predicted octanol–water partition coefficient (Wildman–Crippen LogP) is 2.64. The van der Waals surface area contributed by atoms with Crippen molar-refractivity contribution in [1.29, 1.82) is 0 Å². The molecule has 2 aromatic carbocycles. The number of piperidine rings is 1. The van der Waals surface area contributed by atoms with Gasteiger partial charge in [-0.3, -0.25) is 14.4 Å². The number of allylic oxidation sites excluding steroid dienone is 2. The minimum absolute atomic E-state index is 0.00311. The van der Waals surface area contributed by atoms with Gasteiger partial charge in [0, 0.05) is 49.5 Å². The zero-order valence-electron chi connectivity index (χ0n) is 26.8. The number of rotatable bonds is 14. The number of aliphatic hydroxyl groups excluding tert-OH is 1. The second kappa shape index (κ2) is 18.1. The molecule has 13 heteroatoms. The standard InChI is InChI=1S/C25H28ClN5O4.C8H16N2O/c1-15-7-23-24(8-17(15)12-32)31-25(30-23)20(13-33)22(5-6-28-2)29-11-18(34)14-35-19-4-3-16(10-27)21(26)9-19;1-9-5-3-8(4-6-9)10(2)7-11/h3-9,12-13,18,28-29,34H,10-11,14,27H2,1-2H3,(H,30,31);7-8H,3-6H2,1-2H3/b6-5-,22-20-;. The number of aryl methyl sites for hydroxylation is 1. The van der Waals surface area contributed by atoms with Crippen molar-refractivity contribution in [1.82, 2.24) is 30.4 Å². The highest BCUT2D eigenvalue weighted by molar-refractivity contribution is 6.31. The largest absolute Gasteiger partial charge is 0.491 e. The Morgan fingerprint density at radius 1 is 1.26 bits per heavy atom. The summed E-state index contributed by atoms with van der Waals surface area (Å²) in [5, 5.41) is 16.9. The first-order valence-corrected chi connectivity index (χ1v) is 15.4. The number of nitrogens with zero attached hydrogens (tertiary/aromatic N) is 3. The van der Waals surface area contributed by atoms with Gasteiger partial charge in [0.25, 0.3) is 0 Å². The molecule has 1 fully saturated rings. The van der Waals surface area contributed by atoms with Crippen LogP contribution in [0.3, 0.4) is 0 Å². The second-order valence-corrected chi connectivity index (χ2v) is 11.5. The van der Waals surface area contributed by atoms with Crippen LogP contribution in [0.15, 0.2) is 48.3 Å². The van der Waals surface area contributed by atoms with E-state index in [9.17, 15) is 19.5 Å². The number of aldehydes is 2. The summed E-state index contributed by atoms with van der Waals surface area (Å²) < 4.78 is 5.63. The van der Waals surface area contributed by atoms with Crippen LogP contribution in [-0.4, -0.2) is 103 Å². The molecule has 3 aromatic rings. The Hall–Kier alpha value is -4.23. The molecule has 12 nitrogen and oxygen atoms in total. The number of aromatic amines is 1.